The largest absolute Gasteiger partial charge is 0.297 e. The van der Waals surface area contributed by atoms with Crippen molar-refractivity contribution in [2.24, 2.45) is 10.9 Å². The fraction of sp³-hybridized carbons (Fsp3) is 0.450. The van der Waals surface area contributed by atoms with Crippen LogP contribution in [0, 0.1) is 5.92 Å². The van der Waals surface area contributed by atoms with Crippen LogP contribution in [-0.4, -0.2) is 12.8 Å². The van der Waals surface area contributed by atoms with E-state index in [1.165, 1.54) is 40.7 Å². The third-order valence-electron chi connectivity index (χ3n) is 4.34. The van der Waals surface area contributed by atoms with Crippen molar-refractivity contribution in [1.29, 1.82) is 0 Å². The van der Waals surface area contributed by atoms with Gasteiger partial charge >= 0.3 is 0 Å². The average Bonchev–Trinajstić information content (AvgIpc) is 2.73. The molecule has 0 aromatic heterocycles. The van der Waals surface area contributed by atoms with E-state index < -0.39 is 0 Å². The first-order valence-electron chi connectivity index (χ1n) is 8.11. The molecule has 0 spiro atoms. The Kier molecular flexibility index (Phi) is 5.55. The van der Waals surface area contributed by atoms with Crippen LogP contribution in [0.3, 0.4) is 0 Å². The van der Waals surface area contributed by atoms with Gasteiger partial charge in [0.25, 0.3) is 0 Å². The number of benzene rings is 1. The molecule has 1 nitrogen and oxygen atoms in total. The Morgan fingerprint density at radius 2 is 1.95 bits per heavy atom. The van der Waals surface area contributed by atoms with E-state index in [-0.39, 0.29) is 0 Å². The fourth-order valence-corrected chi connectivity index (χ4v) is 3.05. The first-order valence-corrected chi connectivity index (χ1v) is 8.11. The van der Waals surface area contributed by atoms with Crippen molar-refractivity contribution in [1.82, 2.24) is 0 Å². The SMILES string of the molecule is CCCCN=CCc1ccccc1C1=C(C)C(C)=CC1C. The first kappa shape index (κ1) is 15.8. The van der Waals surface area contributed by atoms with Gasteiger partial charge in [-0.1, -0.05) is 56.2 Å². The van der Waals surface area contributed by atoms with Crippen LogP contribution in [0.2, 0.25) is 0 Å². The lowest BCUT2D eigenvalue weighted by atomic mass is 9.90. The van der Waals surface area contributed by atoms with Crippen molar-refractivity contribution in [2.45, 2.75) is 47.0 Å². The summed E-state index contributed by atoms with van der Waals surface area (Å²) in [5, 5.41) is 0. The summed E-state index contributed by atoms with van der Waals surface area (Å²) in [6.07, 6.45) is 7.79. The summed E-state index contributed by atoms with van der Waals surface area (Å²) in [7, 11) is 0. The molecule has 0 saturated carbocycles. The molecule has 0 bridgehead atoms. The minimum Gasteiger partial charge on any atom is -0.297 e. The van der Waals surface area contributed by atoms with Gasteiger partial charge in [-0.15, -0.1) is 0 Å². The molecule has 1 unspecified atom stereocenters. The van der Waals surface area contributed by atoms with E-state index in [9.17, 15) is 0 Å². The molecule has 0 amide bonds. The molecule has 0 N–H and O–H groups in total. The van der Waals surface area contributed by atoms with Gasteiger partial charge in [-0.05, 0) is 42.5 Å². The van der Waals surface area contributed by atoms with E-state index >= 15 is 0 Å². The van der Waals surface area contributed by atoms with E-state index in [0.29, 0.717) is 5.92 Å². The Morgan fingerprint density at radius 3 is 2.62 bits per heavy atom. The molecule has 0 aliphatic heterocycles. The topological polar surface area (TPSA) is 12.4 Å². The molecule has 1 heteroatoms. The van der Waals surface area contributed by atoms with Crippen molar-refractivity contribution < 1.29 is 0 Å². The molecule has 0 fully saturated rings. The molecule has 1 aromatic carbocycles. The van der Waals surface area contributed by atoms with Gasteiger partial charge in [0.1, 0.15) is 0 Å². The smallest absolute Gasteiger partial charge is 0.0385 e. The fourth-order valence-electron chi connectivity index (χ4n) is 3.05. The molecule has 0 heterocycles. The third-order valence-corrected chi connectivity index (χ3v) is 4.34. The lowest BCUT2D eigenvalue weighted by Gasteiger charge is -2.15. The maximum atomic E-state index is 4.52. The van der Waals surface area contributed by atoms with Gasteiger partial charge in [0.05, 0.1) is 0 Å². The highest BCUT2D eigenvalue weighted by molar-refractivity contribution is 5.81. The second-order valence-electron chi connectivity index (χ2n) is 5.98. The summed E-state index contributed by atoms with van der Waals surface area (Å²) in [6.45, 7) is 9.92. The van der Waals surface area contributed by atoms with E-state index in [0.717, 1.165) is 13.0 Å². The zero-order valence-corrected chi connectivity index (χ0v) is 13.8. The van der Waals surface area contributed by atoms with Crippen LogP contribution >= 0.6 is 0 Å². The van der Waals surface area contributed by atoms with Crippen LogP contribution in [-0.2, 0) is 6.42 Å². The summed E-state index contributed by atoms with van der Waals surface area (Å²) in [5.41, 5.74) is 7.14. The highest BCUT2D eigenvalue weighted by Gasteiger charge is 2.20. The van der Waals surface area contributed by atoms with Crippen molar-refractivity contribution in [3.8, 4) is 0 Å². The third kappa shape index (κ3) is 3.72. The Hall–Kier alpha value is -1.63. The zero-order chi connectivity index (χ0) is 15.2. The molecule has 1 aliphatic rings. The number of aliphatic imine (C=N–C) groups is 1. The molecule has 0 saturated heterocycles. The van der Waals surface area contributed by atoms with Crippen LogP contribution < -0.4 is 0 Å². The summed E-state index contributed by atoms with van der Waals surface area (Å²) < 4.78 is 0. The molecule has 1 aliphatic carbocycles. The lowest BCUT2D eigenvalue weighted by Crippen LogP contribution is -2.00. The maximum absolute atomic E-state index is 4.52. The quantitative estimate of drug-likeness (QED) is 0.484. The maximum Gasteiger partial charge on any atom is 0.0385 e. The van der Waals surface area contributed by atoms with Crippen LogP contribution in [0.15, 0.2) is 46.5 Å². The molecule has 1 aromatic rings. The van der Waals surface area contributed by atoms with Crippen molar-refractivity contribution in [3.05, 3.63) is 52.6 Å². The standard InChI is InChI=1S/C20H27N/c1-5-6-12-21-13-11-18-9-7-8-10-19(18)20-16(3)14-15(2)17(20)4/h7-10,13-14,16H,5-6,11-12H2,1-4H3. The van der Waals surface area contributed by atoms with Crippen LogP contribution in [0.25, 0.3) is 5.57 Å². The number of unbranched alkanes of at least 4 members (excludes halogenated alkanes) is 1. The van der Waals surface area contributed by atoms with Gasteiger partial charge in [0, 0.05) is 25.1 Å². The van der Waals surface area contributed by atoms with Gasteiger partial charge < -0.3 is 0 Å². The van der Waals surface area contributed by atoms with Crippen LogP contribution in [0.5, 0.6) is 0 Å². The van der Waals surface area contributed by atoms with Crippen molar-refractivity contribution in [2.75, 3.05) is 6.54 Å². The predicted molar refractivity (Wildman–Crippen MR) is 93.9 cm³/mol. The van der Waals surface area contributed by atoms with E-state index in [1.807, 2.05) is 0 Å². The van der Waals surface area contributed by atoms with Crippen LogP contribution in [0.4, 0.5) is 0 Å². The van der Waals surface area contributed by atoms with Gasteiger partial charge in [0.15, 0.2) is 0 Å². The lowest BCUT2D eigenvalue weighted by molar-refractivity contribution is 0.809. The van der Waals surface area contributed by atoms with Gasteiger partial charge in [0.2, 0.25) is 0 Å². The minimum absolute atomic E-state index is 0.517. The first-order chi connectivity index (χ1) is 10.1. The normalized spacial score (nSPS) is 18.7. The number of nitrogens with zero attached hydrogens (tertiary/aromatic N) is 1. The molecule has 1 atom stereocenters. The average molecular weight is 281 g/mol. The molecule has 21 heavy (non-hydrogen) atoms. The van der Waals surface area contributed by atoms with E-state index in [1.54, 1.807) is 0 Å². The number of rotatable bonds is 6. The van der Waals surface area contributed by atoms with Crippen LogP contribution in [0.1, 0.15) is 51.7 Å². The predicted octanol–water partition coefficient (Wildman–Crippen LogP) is 5.47. The zero-order valence-electron chi connectivity index (χ0n) is 13.8. The van der Waals surface area contributed by atoms with Crippen molar-refractivity contribution >= 4 is 11.8 Å². The van der Waals surface area contributed by atoms with Gasteiger partial charge in [-0.25, -0.2) is 0 Å². The summed E-state index contributed by atoms with van der Waals surface area (Å²) in [6, 6.07) is 8.78. The number of allylic oxidation sites excluding steroid dienone is 4. The monoisotopic (exact) mass is 281 g/mol. The summed E-state index contributed by atoms with van der Waals surface area (Å²) in [4.78, 5) is 4.52. The number of hydrogen-bond acceptors (Lipinski definition) is 1. The molecule has 0 radical (unpaired) electrons. The van der Waals surface area contributed by atoms with E-state index in [4.69, 9.17) is 0 Å². The Morgan fingerprint density at radius 1 is 1.19 bits per heavy atom. The number of hydrogen-bond donors (Lipinski definition) is 0. The van der Waals surface area contributed by atoms with Crippen molar-refractivity contribution in [3.63, 3.8) is 0 Å². The highest BCUT2D eigenvalue weighted by atomic mass is 14.7. The summed E-state index contributed by atoms with van der Waals surface area (Å²) >= 11 is 0. The summed E-state index contributed by atoms with van der Waals surface area (Å²) in [5.74, 6) is 0.517. The molecule has 112 valence electrons. The van der Waals surface area contributed by atoms with E-state index in [2.05, 4.69) is 69.2 Å². The van der Waals surface area contributed by atoms with Gasteiger partial charge in [-0.2, -0.15) is 0 Å². The second-order valence-corrected chi connectivity index (χ2v) is 5.98. The minimum atomic E-state index is 0.517. The Bertz CT molecular complexity index is 575. The Labute approximate surface area is 129 Å². The van der Waals surface area contributed by atoms with Gasteiger partial charge in [-0.3, -0.25) is 4.99 Å². The molecule has 2 rings (SSSR count). The molecular formula is C20H27N. The highest BCUT2D eigenvalue weighted by Crippen LogP contribution is 2.38. The second kappa shape index (κ2) is 7.40. The Balaban J connectivity index is 2.21. The molecular weight excluding hydrogens is 254 g/mol.